The molecule has 2 bridgehead atoms. The Bertz CT molecular complexity index is 1490. The molecule has 2 amide bonds. The van der Waals surface area contributed by atoms with Crippen LogP contribution in [0.1, 0.15) is 61.4 Å². The lowest BCUT2D eigenvalue weighted by Gasteiger charge is -2.51. The number of fused-ring (bicyclic) bond motifs is 4. The number of carbonyl (C=O) groups is 2. The Morgan fingerprint density at radius 1 is 1.13 bits per heavy atom. The number of carbonyl (C=O) groups excluding carboxylic acids is 2. The van der Waals surface area contributed by atoms with E-state index in [1.54, 1.807) is 10.6 Å². The summed E-state index contributed by atoms with van der Waals surface area (Å²) in [7, 11) is 0. The van der Waals surface area contributed by atoms with Crippen molar-refractivity contribution in [3.63, 3.8) is 0 Å². The average Bonchev–Trinajstić information content (AvgIpc) is 3.34. The van der Waals surface area contributed by atoms with E-state index in [1.807, 2.05) is 18.2 Å². The molecular formula is C28H30FN7O3. The van der Waals surface area contributed by atoms with E-state index in [-0.39, 0.29) is 31.1 Å². The number of likely N-dealkylation sites (tertiary alicyclic amines) is 1. The van der Waals surface area contributed by atoms with E-state index < -0.39 is 17.2 Å². The van der Waals surface area contributed by atoms with Crippen LogP contribution in [0.4, 0.5) is 10.1 Å². The fourth-order valence-electron chi connectivity index (χ4n) is 6.06. The first-order valence-corrected chi connectivity index (χ1v) is 13.2. The number of alkyl halides is 1. The Balaban J connectivity index is 1.29. The van der Waals surface area contributed by atoms with Gasteiger partial charge in [-0.3, -0.25) is 14.6 Å². The molecule has 10 nitrogen and oxygen atoms in total. The molecule has 1 saturated heterocycles. The summed E-state index contributed by atoms with van der Waals surface area (Å²) in [5, 5.41) is 30.6. The Hall–Kier alpha value is -4.04. The minimum atomic E-state index is -1.38. The van der Waals surface area contributed by atoms with Crippen molar-refractivity contribution in [3.8, 4) is 17.5 Å². The molecule has 0 aromatic carbocycles. The second-order valence-corrected chi connectivity index (χ2v) is 11.5. The third-order valence-electron chi connectivity index (χ3n) is 8.44. The molecule has 3 aliphatic carbocycles. The Labute approximate surface area is 224 Å². The number of halogens is 1. The van der Waals surface area contributed by atoms with Gasteiger partial charge in [0.25, 0.3) is 5.91 Å². The molecule has 11 heteroatoms. The van der Waals surface area contributed by atoms with E-state index in [0.29, 0.717) is 47.5 Å². The van der Waals surface area contributed by atoms with Crippen LogP contribution in [-0.4, -0.2) is 72.9 Å². The first-order chi connectivity index (χ1) is 18.6. The zero-order valence-corrected chi connectivity index (χ0v) is 21.7. The van der Waals surface area contributed by atoms with Crippen molar-refractivity contribution >= 4 is 23.0 Å². The van der Waals surface area contributed by atoms with Crippen LogP contribution in [0.15, 0.2) is 36.7 Å². The molecule has 0 spiro atoms. The van der Waals surface area contributed by atoms with E-state index >= 15 is 0 Å². The number of nitriles is 1. The quantitative estimate of drug-likeness (QED) is 0.445. The van der Waals surface area contributed by atoms with Crippen LogP contribution >= 0.6 is 0 Å². The minimum absolute atomic E-state index is 0.0226. The fraction of sp³-hybridized carbons (Fsp3) is 0.464. The van der Waals surface area contributed by atoms with Gasteiger partial charge in [-0.1, -0.05) is 0 Å². The van der Waals surface area contributed by atoms with Crippen LogP contribution in [0.2, 0.25) is 0 Å². The molecule has 0 unspecified atom stereocenters. The summed E-state index contributed by atoms with van der Waals surface area (Å²) in [6, 6.07) is 9.35. The molecule has 3 saturated carbocycles. The van der Waals surface area contributed by atoms with Gasteiger partial charge in [0.05, 0.1) is 65.2 Å². The van der Waals surface area contributed by atoms with Crippen molar-refractivity contribution in [2.24, 2.45) is 0 Å². The summed E-state index contributed by atoms with van der Waals surface area (Å²) in [5.74, 6) is -0.790. The maximum atomic E-state index is 13.8. The van der Waals surface area contributed by atoms with Crippen LogP contribution in [0, 0.1) is 11.3 Å². The summed E-state index contributed by atoms with van der Waals surface area (Å²) in [5.41, 5.74) is 1.14. The van der Waals surface area contributed by atoms with Gasteiger partial charge in [-0.25, -0.2) is 8.91 Å². The van der Waals surface area contributed by atoms with Gasteiger partial charge >= 0.3 is 0 Å². The summed E-state index contributed by atoms with van der Waals surface area (Å²) in [4.78, 5) is 31.6. The highest BCUT2D eigenvalue weighted by molar-refractivity contribution is 6.01. The third-order valence-corrected chi connectivity index (χ3v) is 8.44. The lowest BCUT2D eigenvalue weighted by Crippen LogP contribution is -2.60. The first kappa shape index (κ1) is 25.2. The largest absolute Gasteiger partial charge is 0.390 e. The number of rotatable bonds is 6. The van der Waals surface area contributed by atoms with Gasteiger partial charge in [0, 0.05) is 11.7 Å². The minimum Gasteiger partial charge on any atom is -0.390 e. The summed E-state index contributed by atoms with van der Waals surface area (Å²) < 4.78 is 15.5. The van der Waals surface area contributed by atoms with Crippen LogP contribution in [0.25, 0.3) is 16.9 Å². The van der Waals surface area contributed by atoms with Gasteiger partial charge in [-0.15, -0.1) is 0 Å². The van der Waals surface area contributed by atoms with Crippen molar-refractivity contribution < 1.29 is 19.1 Å². The molecule has 4 aliphatic rings. The second kappa shape index (κ2) is 9.02. The van der Waals surface area contributed by atoms with Gasteiger partial charge in [-0.2, -0.15) is 10.4 Å². The number of aromatic nitrogens is 3. The monoisotopic (exact) mass is 531 g/mol. The standard InChI is InChI=1S/C28H30FN7O3/c1-26(29)16-35(17-26)24(37)15-32-25(38)20-14-31-22(23-3-2-19-10-18(12-30)13-33-36(19)23)11-21(20)34-27-4-7-28(39,8-5-27)9-6-27/h2-3,10-11,13-14,39H,4-9,15-17H2,1H3,(H,31,34)(H,32,38). The third kappa shape index (κ3) is 4.69. The number of amides is 2. The normalized spacial score (nSPS) is 25.1. The van der Waals surface area contributed by atoms with Crippen LogP contribution in [-0.2, 0) is 4.79 Å². The molecule has 39 heavy (non-hydrogen) atoms. The lowest BCUT2D eigenvalue weighted by molar-refractivity contribution is -0.142. The summed E-state index contributed by atoms with van der Waals surface area (Å²) in [6.07, 6.45) is 7.42. The molecule has 1 aliphatic heterocycles. The predicted molar refractivity (Wildman–Crippen MR) is 141 cm³/mol. The first-order valence-electron chi connectivity index (χ1n) is 13.2. The average molecular weight is 532 g/mol. The van der Waals surface area contributed by atoms with Gasteiger partial charge in [0.1, 0.15) is 11.7 Å². The maximum absolute atomic E-state index is 13.8. The van der Waals surface area contributed by atoms with Gasteiger partial charge in [0.2, 0.25) is 5.91 Å². The summed E-state index contributed by atoms with van der Waals surface area (Å²) in [6.45, 7) is 1.26. The van der Waals surface area contributed by atoms with Crippen molar-refractivity contribution in [2.75, 3.05) is 25.0 Å². The van der Waals surface area contributed by atoms with Crippen LogP contribution < -0.4 is 10.6 Å². The molecule has 3 N–H and O–H groups in total. The molecule has 0 atom stereocenters. The molecule has 0 radical (unpaired) electrons. The highest BCUT2D eigenvalue weighted by Crippen LogP contribution is 2.48. The number of hydrogen-bond acceptors (Lipinski definition) is 7. The van der Waals surface area contributed by atoms with Gasteiger partial charge in [0.15, 0.2) is 0 Å². The number of anilines is 1. The summed E-state index contributed by atoms with van der Waals surface area (Å²) >= 11 is 0. The molecule has 4 heterocycles. The second-order valence-electron chi connectivity index (χ2n) is 11.5. The molecule has 7 rings (SSSR count). The molecule has 202 valence electrons. The van der Waals surface area contributed by atoms with Crippen molar-refractivity contribution in [3.05, 3.63) is 47.8 Å². The highest BCUT2D eigenvalue weighted by Gasteiger charge is 2.48. The van der Waals surface area contributed by atoms with Crippen molar-refractivity contribution in [2.45, 2.75) is 62.3 Å². The van der Waals surface area contributed by atoms with E-state index in [1.165, 1.54) is 24.2 Å². The molecule has 3 aromatic rings. The number of nitrogens with one attached hydrogen (secondary N) is 2. The lowest BCUT2D eigenvalue weighted by atomic mass is 9.63. The number of hydrogen-bond donors (Lipinski definition) is 3. The zero-order chi connectivity index (χ0) is 27.4. The molecular weight excluding hydrogens is 501 g/mol. The van der Waals surface area contributed by atoms with Crippen LogP contribution in [0.5, 0.6) is 0 Å². The Morgan fingerprint density at radius 3 is 2.51 bits per heavy atom. The highest BCUT2D eigenvalue weighted by atomic mass is 19.1. The van der Waals surface area contributed by atoms with Gasteiger partial charge in [-0.05, 0) is 69.7 Å². The molecule has 4 fully saturated rings. The van der Waals surface area contributed by atoms with E-state index in [9.17, 15) is 24.3 Å². The maximum Gasteiger partial charge on any atom is 0.255 e. The number of aliphatic hydroxyl groups is 1. The van der Waals surface area contributed by atoms with Gasteiger partial charge < -0.3 is 20.6 Å². The topological polar surface area (TPSA) is 136 Å². The Morgan fingerprint density at radius 2 is 1.85 bits per heavy atom. The van der Waals surface area contributed by atoms with E-state index in [4.69, 9.17) is 0 Å². The van der Waals surface area contributed by atoms with E-state index in [2.05, 4.69) is 26.8 Å². The smallest absolute Gasteiger partial charge is 0.255 e. The zero-order valence-electron chi connectivity index (χ0n) is 21.7. The van der Waals surface area contributed by atoms with E-state index in [0.717, 1.165) is 24.8 Å². The van der Waals surface area contributed by atoms with Crippen molar-refractivity contribution in [1.82, 2.24) is 24.8 Å². The Kier molecular flexibility index (Phi) is 5.84. The van der Waals surface area contributed by atoms with Crippen molar-refractivity contribution in [1.29, 1.82) is 5.26 Å². The predicted octanol–water partition coefficient (Wildman–Crippen LogP) is 2.82. The number of nitrogens with zero attached hydrogens (tertiary/aromatic N) is 5. The molecule has 3 aromatic heterocycles. The van der Waals surface area contributed by atoms with Crippen LogP contribution in [0.3, 0.4) is 0 Å². The number of pyridine rings is 1. The fourth-order valence-corrected chi connectivity index (χ4v) is 6.06. The SMILES string of the molecule is CC1(F)CN(C(=O)CNC(=O)c2cnc(-c3ccc4cc(C#N)cnn34)cc2NC23CCC(O)(CC2)CC3)C1.